The molecule has 0 aromatic rings. The van der Waals surface area contributed by atoms with Crippen LogP contribution in [-0.4, -0.2) is 25.0 Å². The Morgan fingerprint density at radius 2 is 1.92 bits per heavy atom. The van der Waals surface area contributed by atoms with Crippen LogP contribution in [0.3, 0.4) is 0 Å². The number of carbonyl (C=O) groups excluding carboxylic acids is 1. The van der Waals surface area contributed by atoms with Crippen LogP contribution in [0.1, 0.15) is 32.6 Å². The van der Waals surface area contributed by atoms with Gasteiger partial charge in [-0.15, -0.1) is 0 Å². The molecule has 0 saturated heterocycles. The second-order valence-electron chi connectivity index (χ2n) is 4.20. The molecule has 1 fully saturated rings. The van der Waals surface area contributed by atoms with Gasteiger partial charge in [-0.3, -0.25) is 10.2 Å². The van der Waals surface area contributed by atoms with Crippen molar-refractivity contribution in [3.63, 3.8) is 0 Å². The predicted molar refractivity (Wildman–Crippen MR) is 53.0 cm³/mol. The summed E-state index contributed by atoms with van der Waals surface area (Å²) in [6, 6.07) is 0. The lowest BCUT2D eigenvalue weighted by Gasteiger charge is -2.20. The molecule has 0 aromatic carbocycles. The van der Waals surface area contributed by atoms with Crippen LogP contribution in [0.15, 0.2) is 0 Å². The van der Waals surface area contributed by atoms with E-state index in [0.29, 0.717) is 5.92 Å². The van der Waals surface area contributed by atoms with E-state index in [4.69, 9.17) is 0 Å². The fourth-order valence-electron chi connectivity index (χ4n) is 1.99. The fourth-order valence-corrected chi connectivity index (χ4v) is 1.99. The van der Waals surface area contributed by atoms with Crippen molar-refractivity contribution in [2.75, 3.05) is 14.1 Å². The molecule has 3 nitrogen and oxygen atoms in total. The van der Waals surface area contributed by atoms with Crippen LogP contribution >= 0.6 is 0 Å². The van der Waals surface area contributed by atoms with E-state index in [1.807, 2.05) is 21.0 Å². The Balaban J connectivity index is 2.36. The standard InChI is InChI=1S/C10H20N2O/c1-8(9-6-4-5-7-9)10(13)11-12(2)3/h8-9H,4-7H2,1-3H3,(H,11,13). The molecule has 1 atom stereocenters. The van der Waals surface area contributed by atoms with Gasteiger partial charge in [0.15, 0.2) is 0 Å². The van der Waals surface area contributed by atoms with Crippen molar-refractivity contribution in [1.82, 2.24) is 10.4 Å². The van der Waals surface area contributed by atoms with Gasteiger partial charge in [0.25, 0.3) is 0 Å². The minimum atomic E-state index is 0.164. The van der Waals surface area contributed by atoms with E-state index in [-0.39, 0.29) is 11.8 Å². The SMILES string of the molecule is CC(C(=O)NN(C)C)C1CCCC1. The van der Waals surface area contributed by atoms with Crippen molar-refractivity contribution >= 4 is 5.91 Å². The summed E-state index contributed by atoms with van der Waals surface area (Å²) < 4.78 is 0. The summed E-state index contributed by atoms with van der Waals surface area (Å²) in [5, 5.41) is 1.72. The van der Waals surface area contributed by atoms with E-state index in [0.717, 1.165) is 0 Å². The van der Waals surface area contributed by atoms with Crippen molar-refractivity contribution in [2.45, 2.75) is 32.6 Å². The predicted octanol–water partition coefficient (Wildman–Crippen LogP) is 1.41. The van der Waals surface area contributed by atoms with Gasteiger partial charge in [0.2, 0.25) is 5.91 Å². The van der Waals surface area contributed by atoms with E-state index in [1.54, 1.807) is 5.01 Å². The van der Waals surface area contributed by atoms with Crippen LogP contribution in [0.5, 0.6) is 0 Å². The first-order valence-corrected chi connectivity index (χ1v) is 5.09. The number of carbonyl (C=O) groups is 1. The fraction of sp³-hybridized carbons (Fsp3) is 0.900. The number of nitrogens with zero attached hydrogens (tertiary/aromatic N) is 1. The molecule has 1 amide bonds. The van der Waals surface area contributed by atoms with Crippen molar-refractivity contribution in [2.24, 2.45) is 11.8 Å². The molecule has 0 radical (unpaired) electrons. The van der Waals surface area contributed by atoms with Gasteiger partial charge in [-0.25, -0.2) is 5.01 Å². The summed E-state index contributed by atoms with van der Waals surface area (Å²) >= 11 is 0. The third-order valence-corrected chi connectivity index (χ3v) is 2.85. The number of hydrogen-bond acceptors (Lipinski definition) is 2. The van der Waals surface area contributed by atoms with Gasteiger partial charge in [-0.2, -0.15) is 0 Å². The summed E-state index contributed by atoms with van der Waals surface area (Å²) in [5.41, 5.74) is 2.81. The number of hydrogen-bond donors (Lipinski definition) is 1. The van der Waals surface area contributed by atoms with E-state index >= 15 is 0 Å². The van der Waals surface area contributed by atoms with Crippen LogP contribution in [0.2, 0.25) is 0 Å². The Bertz CT molecular complexity index is 174. The Kier molecular flexibility index (Phi) is 3.72. The van der Waals surface area contributed by atoms with Gasteiger partial charge in [-0.05, 0) is 18.8 Å². The Hall–Kier alpha value is -0.570. The largest absolute Gasteiger partial charge is 0.289 e. The van der Waals surface area contributed by atoms with Gasteiger partial charge in [0.1, 0.15) is 0 Å². The quantitative estimate of drug-likeness (QED) is 0.672. The highest BCUT2D eigenvalue weighted by Crippen LogP contribution is 2.31. The Morgan fingerprint density at radius 3 is 2.38 bits per heavy atom. The topological polar surface area (TPSA) is 32.3 Å². The molecule has 1 rings (SSSR count). The van der Waals surface area contributed by atoms with Crippen molar-refractivity contribution in [1.29, 1.82) is 0 Å². The van der Waals surface area contributed by atoms with Gasteiger partial charge in [0.05, 0.1) is 0 Å². The van der Waals surface area contributed by atoms with Crippen LogP contribution in [0.25, 0.3) is 0 Å². The maximum Gasteiger partial charge on any atom is 0.237 e. The lowest BCUT2D eigenvalue weighted by Crippen LogP contribution is -2.41. The van der Waals surface area contributed by atoms with Crippen LogP contribution < -0.4 is 5.43 Å². The second-order valence-corrected chi connectivity index (χ2v) is 4.20. The zero-order valence-electron chi connectivity index (χ0n) is 8.84. The van der Waals surface area contributed by atoms with E-state index in [1.165, 1.54) is 25.7 Å². The molecule has 1 aliphatic rings. The molecule has 0 aliphatic heterocycles. The highest BCUT2D eigenvalue weighted by molar-refractivity contribution is 5.78. The number of amides is 1. The summed E-state index contributed by atoms with van der Waals surface area (Å²) in [6.45, 7) is 2.04. The molecular formula is C10H20N2O. The molecule has 3 heteroatoms. The Morgan fingerprint density at radius 1 is 1.38 bits per heavy atom. The van der Waals surface area contributed by atoms with Gasteiger partial charge in [-0.1, -0.05) is 19.8 Å². The molecule has 13 heavy (non-hydrogen) atoms. The zero-order valence-corrected chi connectivity index (χ0v) is 8.84. The summed E-state index contributed by atoms with van der Waals surface area (Å²) in [4.78, 5) is 11.6. The van der Waals surface area contributed by atoms with E-state index in [9.17, 15) is 4.79 Å². The molecule has 0 heterocycles. The molecule has 0 spiro atoms. The highest BCUT2D eigenvalue weighted by Gasteiger charge is 2.26. The first kappa shape index (κ1) is 10.5. The molecule has 76 valence electrons. The lowest BCUT2D eigenvalue weighted by molar-refractivity contribution is -0.129. The maximum absolute atomic E-state index is 11.6. The van der Waals surface area contributed by atoms with Crippen molar-refractivity contribution < 1.29 is 4.79 Å². The summed E-state index contributed by atoms with van der Waals surface area (Å²) in [7, 11) is 3.69. The van der Waals surface area contributed by atoms with E-state index in [2.05, 4.69) is 5.43 Å². The number of rotatable bonds is 3. The minimum absolute atomic E-state index is 0.164. The zero-order chi connectivity index (χ0) is 9.84. The minimum Gasteiger partial charge on any atom is -0.289 e. The molecular weight excluding hydrogens is 164 g/mol. The second kappa shape index (κ2) is 4.61. The normalized spacial score (nSPS) is 20.6. The van der Waals surface area contributed by atoms with Crippen LogP contribution in [0.4, 0.5) is 0 Å². The first-order valence-electron chi connectivity index (χ1n) is 5.09. The molecule has 1 aliphatic carbocycles. The monoisotopic (exact) mass is 184 g/mol. The van der Waals surface area contributed by atoms with Gasteiger partial charge in [0, 0.05) is 20.0 Å². The Labute approximate surface area is 80.5 Å². The number of hydrazine groups is 1. The summed E-state index contributed by atoms with van der Waals surface area (Å²) in [6.07, 6.45) is 5.04. The maximum atomic E-state index is 11.6. The third kappa shape index (κ3) is 2.99. The van der Waals surface area contributed by atoms with Crippen molar-refractivity contribution in [3.8, 4) is 0 Å². The van der Waals surface area contributed by atoms with Gasteiger partial charge < -0.3 is 0 Å². The molecule has 1 saturated carbocycles. The molecule has 0 aromatic heterocycles. The van der Waals surface area contributed by atoms with E-state index < -0.39 is 0 Å². The average molecular weight is 184 g/mol. The lowest BCUT2D eigenvalue weighted by atomic mass is 9.92. The third-order valence-electron chi connectivity index (χ3n) is 2.85. The molecule has 1 N–H and O–H groups in total. The van der Waals surface area contributed by atoms with Gasteiger partial charge >= 0.3 is 0 Å². The average Bonchev–Trinajstić information content (AvgIpc) is 2.53. The highest BCUT2D eigenvalue weighted by atomic mass is 16.2. The molecule has 1 unspecified atom stereocenters. The first-order chi connectivity index (χ1) is 6.11. The van der Waals surface area contributed by atoms with Crippen LogP contribution in [0, 0.1) is 11.8 Å². The van der Waals surface area contributed by atoms with Crippen LogP contribution in [-0.2, 0) is 4.79 Å². The molecule has 0 bridgehead atoms. The number of nitrogens with one attached hydrogen (secondary N) is 1. The smallest absolute Gasteiger partial charge is 0.237 e. The van der Waals surface area contributed by atoms with Crippen molar-refractivity contribution in [3.05, 3.63) is 0 Å². The summed E-state index contributed by atoms with van der Waals surface area (Å²) in [5.74, 6) is 0.946.